The Kier molecular flexibility index (Phi) is 5.29. The van der Waals surface area contributed by atoms with Crippen LogP contribution in [0.1, 0.15) is 52.1 Å². The maximum absolute atomic E-state index is 12.6. The highest BCUT2D eigenvalue weighted by Gasteiger charge is 2.19. The van der Waals surface area contributed by atoms with Crippen molar-refractivity contribution in [1.82, 2.24) is 30.2 Å². The van der Waals surface area contributed by atoms with Crippen molar-refractivity contribution >= 4 is 22.7 Å². The number of nitrogens with zero attached hydrogens (tertiary/aromatic N) is 4. The maximum Gasteiger partial charge on any atom is 0.309 e. The van der Waals surface area contributed by atoms with Gasteiger partial charge in [-0.3, -0.25) is 20.4 Å². The number of hydrogen-bond acceptors (Lipinski definition) is 4. The van der Waals surface area contributed by atoms with Crippen LogP contribution in [0.5, 0.6) is 0 Å². The number of benzene rings is 2. The normalized spacial score (nSPS) is 11.1. The molecule has 0 atom stereocenters. The molecule has 0 aliphatic rings. The number of hydrazine groups is 1. The monoisotopic (exact) mass is 416 g/mol. The molecule has 0 radical (unpaired) electrons. The zero-order valence-electron chi connectivity index (χ0n) is 17.9. The first kappa shape index (κ1) is 20.3. The lowest BCUT2D eigenvalue weighted by Crippen LogP contribution is -2.42. The zero-order chi connectivity index (χ0) is 22.1. The van der Waals surface area contributed by atoms with Gasteiger partial charge in [0.25, 0.3) is 5.91 Å². The van der Waals surface area contributed by atoms with E-state index in [9.17, 15) is 9.59 Å². The highest BCUT2D eigenvalue weighted by Crippen LogP contribution is 2.23. The predicted octanol–water partition coefficient (Wildman–Crippen LogP) is 3.27. The molecule has 4 rings (SSSR count). The molecular formula is C23H24N6O2. The highest BCUT2D eigenvalue weighted by atomic mass is 16.2. The van der Waals surface area contributed by atoms with Gasteiger partial charge in [-0.25, -0.2) is 9.67 Å². The summed E-state index contributed by atoms with van der Waals surface area (Å²) in [6, 6.07) is 15.4. The van der Waals surface area contributed by atoms with Crippen LogP contribution in [0.15, 0.2) is 54.7 Å². The fraction of sp³-hybridized carbons (Fsp3) is 0.217. The number of rotatable bonds is 4. The van der Waals surface area contributed by atoms with Gasteiger partial charge in [0.2, 0.25) is 5.82 Å². The fourth-order valence-corrected chi connectivity index (χ4v) is 3.64. The van der Waals surface area contributed by atoms with Crippen LogP contribution in [0, 0.1) is 6.92 Å². The Hall–Kier alpha value is -3.94. The Bertz CT molecular complexity index is 1280. The molecular weight excluding hydrogens is 392 g/mol. The van der Waals surface area contributed by atoms with Gasteiger partial charge in [0.1, 0.15) is 5.82 Å². The van der Waals surface area contributed by atoms with Gasteiger partial charge >= 0.3 is 5.91 Å². The number of hydrogen-bond donors (Lipinski definition) is 2. The van der Waals surface area contributed by atoms with Gasteiger partial charge < -0.3 is 4.57 Å². The number of carbonyl (C=O) groups is 2. The van der Waals surface area contributed by atoms with Crippen molar-refractivity contribution in [2.45, 2.75) is 26.7 Å². The topological polar surface area (TPSA) is 93.8 Å². The van der Waals surface area contributed by atoms with Gasteiger partial charge in [0.15, 0.2) is 0 Å². The average molecular weight is 416 g/mol. The maximum atomic E-state index is 12.6. The lowest BCUT2D eigenvalue weighted by Gasteiger charge is -2.12. The molecule has 0 fully saturated rings. The van der Waals surface area contributed by atoms with Crippen LogP contribution in [0.4, 0.5) is 0 Å². The second kappa shape index (κ2) is 8.06. The minimum Gasteiger partial charge on any atom is -0.350 e. The Morgan fingerprint density at radius 3 is 2.42 bits per heavy atom. The molecule has 0 spiro atoms. The number of fused-ring (bicyclic) bond motifs is 1. The van der Waals surface area contributed by atoms with Crippen LogP contribution in [0.3, 0.4) is 0 Å². The smallest absolute Gasteiger partial charge is 0.309 e. The van der Waals surface area contributed by atoms with Crippen LogP contribution in [0.2, 0.25) is 0 Å². The van der Waals surface area contributed by atoms with Crippen molar-refractivity contribution in [2.75, 3.05) is 0 Å². The molecule has 2 heterocycles. The molecule has 0 aliphatic heterocycles. The zero-order valence-corrected chi connectivity index (χ0v) is 17.9. The largest absolute Gasteiger partial charge is 0.350 e. The summed E-state index contributed by atoms with van der Waals surface area (Å²) < 4.78 is 3.52. The van der Waals surface area contributed by atoms with Crippen molar-refractivity contribution < 1.29 is 9.59 Å². The van der Waals surface area contributed by atoms with Crippen molar-refractivity contribution in [1.29, 1.82) is 0 Å². The molecule has 8 heteroatoms. The highest BCUT2D eigenvalue weighted by molar-refractivity contribution is 6.07. The van der Waals surface area contributed by atoms with E-state index in [2.05, 4.69) is 34.8 Å². The van der Waals surface area contributed by atoms with Gasteiger partial charge in [-0.05, 0) is 30.5 Å². The van der Waals surface area contributed by atoms with E-state index in [0.717, 1.165) is 22.2 Å². The van der Waals surface area contributed by atoms with Gasteiger partial charge in [0.05, 0.1) is 11.3 Å². The van der Waals surface area contributed by atoms with E-state index >= 15 is 0 Å². The molecule has 2 aromatic heterocycles. The number of aromatic nitrogens is 4. The molecule has 2 aromatic carbocycles. The number of carbonyl (C=O) groups excluding carboxylic acids is 2. The lowest BCUT2D eigenvalue weighted by molar-refractivity contribution is 0.0841. The molecule has 0 saturated heterocycles. The number of para-hydroxylation sites is 2. The first-order valence-electron chi connectivity index (χ1n) is 10.0. The first-order valence-corrected chi connectivity index (χ1v) is 10.0. The number of nitrogens with one attached hydrogen (secondary N) is 2. The predicted molar refractivity (Wildman–Crippen MR) is 118 cm³/mol. The summed E-state index contributed by atoms with van der Waals surface area (Å²) in [5.74, 6) is -0.145. The van der Waals surface area contributed by atoms with Crippen molar-refractivity contribution in [3.05, 3.63) is 77.5 Å². The van der Waals surface area contributed by atoms with Crippen LogP contribution < -0.4 is 10.9 Å². The summed E-state index contributed by atoms with van der Waals surface area (Å²) in [4.78, 5) is 29.5. The summed E-state index contributed by atoms with van der Waals surface area (Å²) in [7, 11) is 1.87. The summed E-state index contributed by atoms with van der Waals surface area (Å²) >= 11 is 0. The van der Waals surface area contributed by atoms with Crippen LogP contribution in [0.25, 0.3) is 16.6 Å². The van der Waals surface area contributed by atoms with Gasteiger partial charge in [-0.15, -0.1) is 5.10 Å². The third kappa shape index (κ3) is 3.79. The second-order valence-corrected chi connectivity index (χ2v) is 7.69. The Morgan fingerprint density at radius 2 is 1.65 bits per heavy atom. The minimum atomic E-state index is -0.586. The van der Waals surface area contributed by atoms with E-state index in [1.807, 2.05) is 60.1 Å². The molecule has 8 nitrogen and oxygen atoms in total. The molecule has 0 bridgehead atoms. The van der Waals surface area contributed by atoms with E-state index in [-0.39, 0.29) is 11.7 Å². The molecule has 0 saturated carbocycles. The lowest BCUT2D eigenvalue weighted by atomic mass is 10.0. The molecule has 31 heavy (non-hydrogen) atoms. The van der Waals surface area contributed by atoms with Crippen LogP contribution in [-0.4, -0.2) is 31.1 Å². The third-order valence-electron chi connectivity index (χ3n) is 5.19. The van der Waals surface area contributed by atoms with Crippen molar-refractivity contribution in [3.63, 3.8) is 0 Å². The third-order valence-corrected chi connectivity index (χ3v) is 5.19. The minimum absolute atomic E-state index is 0.0192. The molecule has 0 unspecified atom stereocenters. The van der Waals surface area contributed by atoms with Crippen molar-refractivity contribution in [3.8, 4) is 5.69 Å². The van der Waals surface area contributed by atoms with E-state index in [0.29, 0.717) is 11.4 Å². The van der Waals surface area contributed by atoms with E-state index in [1.165, 1.54) is 0 Å². The fourth-order valence-electron chi connectivity index (χ4n) is 3.64. The SMILES string of the molecule is Cc1nc(C(=O)NNC(=O)c2cn(C)c3ccccc23)nn1-c1ccccc1C(C)C. The first-order chi connectivity index (χ1) is 14.9. The number of aryl methyl sites for hydroxylation is 2. The van der Waals surface area contributed by atoms with E-state index in [1.54, 1.807) is 17.8 Å². The van der Waals surface area contributed by atoms with Gasteiger partial charge in [-0.1, -0.05) is 50.2 Å². The molecule has 0 aliphatic carbocycles. The molecule has 158 valence electrons. The molecule has 2 amide bonds. The quantitative estimate of drug-likeness (QED) is 0.499. The summed E-state index contributed by atoms with van der Waals surface area (Å²) in [6.07, 6.45) is 1.73. The van der Waals surface area contributed by atoms with Crippen molar-refractivity contribution in [2.24, 2.45) is 7.05 Å². The molecule has 4 aromatic rings. The average Bonchev–Trinajstić information content (AvgIpc) is 3.32. The molecule has 2 N–H and O–H groups in total. The Balaban J connectivity index is 1.52. The van der Waals surface area contributed by atoms with E-state index < -0.39 is 11.8 Å². The summed E-state index contributed by atoms with van der Waals surface area (Å²) in [5, 5.41) is 5.17. The van der Waals surface area contributed by atoms with E-state index in [4.69, 9.17) is 0 Å². The van der Waals surface area contributed by atoms with Crippen LogP contribution >= 0.6 is 0 Å². The summed E-state index contributed by atoms with van der Waals surface area (Å²) in [5.41, 5.74) is 8.25. The summed E-state index contributed by atoms with van der Waals surface area (Å²) in [6.45, 7) is 5.98. The van der Waals surface area contributed by atoms with Gasteiger partial charge in [0, 0.05) is 24.1 Å². The van der Waals surface area contributed by atoms with Gasteiger partial charge in [-0.2, -0.15) is 0 Å². The standard InChI is InChI=1S/C23H24N6O2/c1-14(2)16-9-5-8-12-20(16)29-15(3)24-21(27-29)23(31)26-25-22(30)18-13-28(4)19-11-7-6-10-17(18)19/h5-14H,1-4H3,(H,25,30)(H,26,31). The Labute approximate surface area is 179 Å². The number of amides is 2. The second-order valence-electron chi connectivity index (χ2n) is 7.69. The van der Waals surface area contributed by atoms with Crippen LogP contribution in [-0.2, 0) is 7.05 Å². The Morgan fingerprint density at radius 1 is 0.968 bits per heavy atom.